The molecule has 0 atom stereocenters. The van der Waals surface area contributed by atoms with Crippen LogP contribution in [0.2, 0.25) is 0 Å². The van der Waals surface area contributed by atoms with Crippen LogP contribution in [0.15, 0.2) is 0 Å². The number of nitrogens with one attached hydrogen (secondary N) is 1. The van der Waals surface area contributed by atoms with E-state index in [9.17, 15) is 4.79 Å². The van der Waals surface area contributed by atoms with E-state index < -0.39 is 0 Å². The monoisotopic (exact) mass is 139 g/mol. The van der Waals surface area contributed by atoms with E-state index in [0.29, 0.717) is 17.1 Å². The molecule has 1 aliphatic carbocycles. The van der Waals surface area contributed by atoms with Gasteiger partial charge in [0.15, 0.2) is 0 Å². The van der Waals surface area contributed by atoms with Gasteiger partial charge in [0.1, 0.15) is 5.78 Å². The van der Waals surface area contributed by atoms with Gasteiger partial charge < -0.3 is 5.32 Å². The van der Waals surface area contributed by atoms with E-state index in [1.165, 1.54) is 0 Å². The van der Waals surface area contributed by atoms with Gasteiger partial charge in [0.05, 0.1) is 0 Å². The zero-order chi connectivity index (χ0) is 7.19. The highest BCUT2D eigenvalue weighted by atomic mass is 16.1. The second-order valence-electron chi connectivity index (χ2n) is 3.82. The maximum atomic E-state index is 10.8. The van der Waals surface area contributed by atoms with E-state index in [4.69, 9.17) is 0 Å². The van der Waals surface area contributed by atoms with Crippen LogP contribution in [0.3, 0.4) is 0 Å². The number of rotatable bonds is 1. The maximum absolute atomic E-state index is 10.8. The molecule has 0 bridgehead atoms. The summed E-state index contributed by atoms with van der Waals surface area (Å²) in [4.78, 5) is 10.8. The zero-order valence-corrected chi connectivity index (χ0v) is 6.31. The van der Waals surface area contributed by atoms with Crippen molar-refractivity contribution in [3.8, 4) is 0 Å². The van der Waals surface area contributed by atoms with Crippen molar-refractivity contribution in [3.05, 3.63) is 0 Å². The van der Waals surface area contributed by atoms with Crippen LogP contribution in [0.5, 0.6) is 0 Å². The highest BCUT2D eigenvalue weighted by molar-refractivity contribution is 5.79. The summed E-state index contributed by atoms with van der Waals surface area (Å²) in [6, 6.07) is 0. The van der Waals surface area contributed by atoms with Crippen LogP contribution >= 0.6 is 0 Å². The minimum Gasteiger partial charge on any atom is -0.316 e. The summed E-state index contributed by atoms with van der Waals surface area (Å²) in [7, 11) is 0. The van der Waals surface area contributed by atoms with Crippen LogP contribution in [0.25, 0.3) is 0 Å². The Kier molecular flexibility index (Phi) is 1.15. The molecule has 0 amide bonds. The Labute approximate surface area is 61.0 Å². The molecule has 1 N–H and O–H groups in total. The van der Waals surface area contributed by atoms with Gasteiger partial charge >= 0.3 is 0 Å². The molecule has 0 aromatic rings. The van der Waals surface area contributed by atoms with Gasteiger partial charge in [0.2, 0.25) is 0 Å². The van der Waals surface area contributed by atoms with Crippen molar-refractivity contribution in [1.82, 2.24) is 5.32 Å². The van der Waals surface area contributed by atoms with Crippen LogP contribution in [0.1, 0.15) is 19.8 Å². The Morgan fingerprint density at radius 2 is 2.10 bits per heavy atom. The second-order valence-corrected chi connectivity index (χ2v) is 3.82. The molecule has 2 aliphatic rings. The summed E-state index contributed by atoms with van der Waals surface area (Å²) < 4.78 is 0. The normalized spacial score (nSPS) is 29.3. The number of hydrogen-bond acceptors (Lipinski definition) is 2. The highest BCUT2D eigenvalue weighted by Crippen LogP contribution is 2.48. The molecule has 0 unspecified atom stereocenters. The molecule has 0 radical (unpaired) electrons. The molecule has 1 aliphatic heterocycles. The number of carbonyl (C=O) groups excluding carboxylic acids is 1. The fourth-order valence-electron chi connectivity index (χ4n) is 2.04. The van der Waals surface area contributed by atoms with E-state index in [-0.39, 0.29) is 0 Å². The number of carbonyl (C=O) groups is 1. The second kappa shape index (κ2) is 1.82. The predicted molar refractivity (Wildman–Crippen MR) is 38.7 cm³/mol. The molecular weight excluding hydrogens is 126 g/mol. The van der Waals surface area contributed by atoms with Gasteiger partial charge in [-0.2, -0.15) is 0 Å². The molecule has 1 saturated carbocycles. The molecule has 56 valence electrons. The van der Waals surface area contributed by atoms with Crippen molar-refractivity contribution in [2.45, 2.75) is 19.8 Å². The third kappa shape index (κ3) is 0.717. The summed E-state index contributed by atoms with van der Waals surface area (Å²) in [5.41, 5.74) is 0.566. The molecule has 2 rings (SSSR count). The number of hydrogen-bond donors (Lipinski definition) is 1. The van der Waals surface area contributed by atoms with Crippen molar-refractivity contribution in [3.63, 3.8) is 0 Å². The molecule has 2 nitrogen and oxygen atoms in total. The summed E-state index contributed by atoms with van der Waals surface area (Å²) in [6.45, 7) is 4.01. The van der Waals surface area contributed by atoms with Crippen LogP contribution < -0.4 is 5.32 Å². The van der Waals surface area contributed by atoms with Crippen molar-refractivity contribution in [2.75, 3.05) is 13.1 Å². The largest absolute Gasteiger partial charge is 0.316 e. The first kappa shape index (κ1) is 6.35. The Morgan fingerprint density at radius 3 is 2.40 bits per heavy atom. The molecule has 2 fully saturated rings. The van der Waals surface area contributed by atoms with Crippen LogP contribution in [-0.4, -0.2) is 18.9 Å². The first-order valence-electron chi connectivity index (χ1n) is 3.93. The summed E-state index contributed by atoms with van der Waals surface area (Å²) in [5, 5.41) is 3.25. The van der Waals surface area contributed by atoms with Gasteiger partial charge in [0, 0.05) is 19.0 Å². The average molecular weight is 139 g/mol. The van der Waals surface area contributed by atoms with Crippen molar-refractivity contribution >= 4 is 5.78 Å². The average Bonchev–Trinajstić information content (AvgIpc) is 1.54. The van der Waals surface area contributed by atoms with Crippen LogP contribution in [0, 0.1) is 11.3 Å². The maximum Gasteiger partial charge on any atom is 0.132 e. The minimum atomic E-state index is 0.387. The SMILES string of the molecule is CC(=O)C1CC2(CNC2)C1. The Balaban J connectivity index is 1.88. The van der Waals surface area contributed by atoms with Gasteiger partial charge in [-0.05, 0) is 25.2 Å². The molecule has 0 aromatic carbocycles. The molecule has 10 heavy (non-hydrogen) atoms. The molecule has 2 heteroatoms. The number of ketones is 1. The lowest BCUT2D eigenvalue weighted by molar-refractivity contribution is -0.130. The smallest absolute Gasteiger partial charge is 0.132 e. The van der Waals surface area contributed by atoms with E-state index in [2.05, 4.69) is 5.32 Å². The molecular formula is C8H13NO. The van der Waals surface area contributed by atoms with Crippen LogP contribution in [0.4, 0.5) is 0 Å². The predicted octanol–water partition coefficient (Wildman–Crippen LogP) is 0.575. The fraction of sp³-hybridized carbons (Fsp3) is 0.875. The topological polar surface area (TPSA) is 29.1 Å². The first-order chi connectivity index (χ1) is 4.72. The van der Waals surface area contributed by atoms with E-state index in [1.54, 1.807) is 6.92 Å². The van der Waals surface area contributed by atoms with Gasteiger partial charge in [-0.3, -0.25) is 4.79 Å². The quantitative estimate of drug-likeness (QED) is 0.575. The van der Waals surface area contributed by atoms with Crippen molar-refractivity contribution in [2.24, 2.45) is 11.3 Å². The van der Waals surface area contributed by atoms with Crippen molar-refractivity contribution in [1.29, 1.82) is 0 Å². The molecule has 0 aromatic heterocycles. The van der Waals surface area contributed by atoms with Gasteiger partial charge in [-0.1, -0.05) is 0 Å². The molecule has 1 heterocycles. The van der Waals surface area contributed by atoms with E-state index >= 15 is 0 Å². The highest BCUT2D eigenvalue weighted by Gasteiger charge is 2.49. The zero-order valence-electron chi connectivity index (χ0n) is 6.31. The van der Waals surface area contributed by atoms with E-state index in [1.807, 2.05) is 0 Å². The first-order valence-corrected chi connectivity index (χ1v) is 3.93. The summed E-state index contributed by atoms with van der Waals surface area (Å²) in [5.74, 6) is 0.791. The number of Topliss-reactive ketones (excluding diaryl/α,β-unsaturated/α-hetero) is 1. The third-order valence-corrected chi connectivity index (χ3v) is 2.93. The Hall–Kier alpha value is -0.370. The Bertz CT molecular complexity index is 164. The summed E-state index contributed by atoms with van der Waals surface area (Å²) >= 11 is 0. The fourth-order valence-corrected chi connectivity index (χ4v) is 2.04. The standard InChI is InChI=1S/C8H13NO/c1-6(10)7-2-8(3-7)4-9-5-8/h7,9H,2-5H2,1H3. The van der Waals surface area contributed by atoms with E-state index in [0.717, 1.165) is 25.9 Å². The molecule has 1 spiro atoms. The minimum absolute atomic E-state index is 0.387. The summed E-state index contributed by atoms with van der Waals surface area (Å²) in [6.07, 6.45) is 2.30. The van der Waals surface area contributed by atoms with Crippen LogP contribution in [-0.2, 0) is 4.79 Å². The third-order valence-electron chi connectivity index (χ3n) is 2.93. The lowest BCUT2D eigenvalue weighted by Gasteiger charge is -2.53. The van der Waals surface area contributed by atoms with Gasteiger partial charge in [0.25, 0.3) is 0 Å². The molecule has 1 saturated heterocycles. The Morgan fingerprint density at radius 1 is 1.50 bits per heavy atom. The van der Waals surface area contributed by atoms with Gasteiger partial charge in [-0.25, -0.2) is 0 Å². The lowest BCUT2D eigenvalue weighted by Crippen LogP contribution is -2.61. The lowest BCUT2D eigenvalue weighted by atomic mass is 9.58. The van der Waals surface area contributed by atoms with Crippen molar-refractivity contribution < 1.29 is 4.79 Å². The van der Waals surface area contributed by atoms with Gasteiger partial charge in [-0.15, -0.1) is 0 Å².